The Hall–Kier alpha value is -4.02. The lowest BCUT2D eigenvalue weighted by molar-refractivity contribution is -0.139. The van der Waals surface area contributed by atoms with Crippen LogP contribution in [0.25, 0.3) is 11.2 Å². The zero-order chi connectivity index (χ0) is 23.4. The van der Waals surface area contributed by atoms with E-state index in [1.165, 1.54) is 0 Å². The molecule has 0 aliphatic carbocycles. The van der Waals surface area contributed by atoms with Crippen molar-refractivity contribution < 1.29 is 14.7 Å². The monoisotopic (exact) mass is 438 g/mol. The van der Waals surface area contributed by atoms with Gasteiger partial charge in [-0.15, -0.1) is 0 Å². The Balaban J connectivity index is 1.69. The standard InChI is InChI=1S/C21H26N8O3/c1-11(2)8-15(20(31)32)26-19(30)12-4-6-14(7-5-12)29(3)10-13-9-24-18-16(25-13)17(22)27-21(23)28-18/h4-7,9,11,15H,8,10H2,1-3H3,(H,26,30)(H,31,32)(H4,22,23,24,27,28)/t15-/m0/s1. The van der Waals surface area contributed by atoms with Crippen LogP contribution in [0.15, 0.2) is 30.5 Å². The van der Waals surface area contributed by atoms with Crippen LogP contribution in [0, 0.1) is 5.92 Å². The van der Waals surface area contributed by atoms with Crippen molar-refractivity contribution in [2.45, 2.75) is 32.9 Å². The molecule has 3 aromatic rings. The Labute approximate surface area is 184 Å². The molecule has 168 valence electrons. The van der Waals surface area contributed by atoms with Crippen molar-refractivity contribution in [2.24, 2.45) is 5.92 Å². The van der Waals surface area contributed by atoms with Gasteiger partial charge in [0.15, 0.2) is 17.0 Å². The SMILES string of the molecule is CC(C)C[C@H](NC(=O)c1ccc(N(C)Cc2cnc3nc(N)nc(N)c3n2)cc1)C(=O)O. The molecular weight excluding hydrogens is 412 g/mol. The molecule has 0 spiro atoms. The zero-order valence-electron chi connectivity index (χ0n) is 18.1. The fourth-order valence-corrected chi connectivity index (χ4v) is 3.19. The summed E-state index contributed by atoms with van der Waals surface area (Å²) < 4.78 is 0. The number of amides is 1. The summed E-state index contributed by atoms with van der Waals surface area (Å²) in [7, 11) is 1.87. The van der Waals surface area contributed by atoms with Crippen molar-refractivity contribution in [3.05, 3.63) is 41.7 Å². The molecule has 2 aromatic heterocycles. The van der Waals surface area contributed by atoms with E-state index in [0.717, 1.165) is 5.69 Å². The number of nitrogens with two attached hydrogens (primary N) is 2. The Morgan fingerprint density at radius 3 is 2.44 bits per heavy atom. The highest BCUT2D eigenvalue weighted by molar-refractivity contribution is 5.96. The molecule has 1 atom stereocenters. The maximum Gasteiger partial charge on any atom is 0.326 e. The first-order valence-corrected chi connectivity index (χ1v) is 10.0. The molecule has 11 heteroatoms. The number of nitrogens with one attached hydrogen (secondary N) is 1. The number of hydrogen-bond acceptors (Lipinski definition) is 9. The molecule has 0 saturated carbocycles. The summed E-state index contributed by atoms with van der Waals surface area (Å²) in [5.41, 5.74) is 14.0. The second-order valence-corrected chi connectivity index (χ2v) is 7.90. The molecule has 0 aliphatic heterocycles. The van der Waals surface area contributed by atoms with Gasteiger partial charge < -0.3 is 26.8 Å². The minimum atomic E-state index is -1.05. The third-order valence-electron chi connectivity index (χ3n) is 4.78. The number of hydrogen-bond donors (Lipinski definition) is 4. The average molecular weight is 438 g/mol. The topological polar surface area (TPSA) is 173 Å². The molecule has 0 radical (unpaired) electrons. The van der Waals surface area contributed by atoms with Crippen molar-refractivity contribution in [1.29, 1.82) is 0 Å². The maximum absolute atomic E-state index is 12.5. The molecule has 11 nitrogen and oxygen atoms in total. The Morgan fingerprint density at radius 1 is 1.12 bits per heavy atom. The Bertz CT molecular complexity index is 1130. The van der Waals surface area contributed by atoms with Crippen molar-refractivity contribution in [2.75, 3.05) is 23.4 Å². The molecule has 0 unspecified atom stereocenters. The number of rotatable bonds is 8. The summed E-state index contributed by atoms with van der Waals surface area (Å²) in [5.74, 6) is -1.13. The van der Waals surface area contributed by atoms with Crippen LogP contribution in [0.4, 0.5) is 17.5 Å². The highest BCUT2D eigenvalue weighted by atomic mass is 16.4. The summed E-state index contributed by atoms with van der Waals surface area (Å²) >= 11 is 0. The van der Waals surface area contributed by atoms with Crippen molar-refractivity contribution >= 4 is 40.5 Å². The largest absolute Gasteiger partial charge is 0.480 e. The van der Waals surface area contributed by atoms with E-state index in [0.29, 0.717) is 35.4 Å². The molecule has 0 saturated heterocycles. The third-order valence-corrected chi connectivity index (χ3v) is 4.78. The maximum atomic E-state index is 12.5. The van der Waals surface area contributed by atoms with Gasteiger partial charge in [-0.2, -0.15) is 9.97 Å². The molecule has 0 fully saturated rings. The van der Waals surface area contributed by atoms with Gasteiger partial charge in [0.25, 0.3) is 5.91 Å². The fraction of sp³-hybridized carbons (Fsp3) is 0.333. The van der Waals surface area contributed by atoms with Crippen LogP contribution in [0.5, 0.6) is 0 Å². The number of fused-ring (bicyclic) bond motifs is 1. The molecule has 0 aliphatic rings. The molecule has 1 aromatic carbocycles. The molecule has 6 N–H and O–H groups in total. The van der Waals surface area contributed by atoms with E-state index in [2.05, 4.69) is 25.3 Å². The van der Waals surface area contributed by atoms with E-state index in [1.54, 1.807) is 30.5 Å². The van der Waals surface area contributed by atoms with Gasteiger partial charge in [-0.05, 0) is 36.6 Å². The van der Waals surface area contributed by atoms with Gasteiger partial charge in [-0.1, -0.05) is 13.8 Å². The van der Waals surface area contributed by atoms with E-state index in [-0.39, 0.29) is 17.7 Å². The highest BCUT2D eigenvalue weighted by Crippen LogP contribution is 2.19. The van der Waals surface area contributed by atoms with Crippen molar-refractivity contribution in [3.8, 4) is 0 Å². The predicted molar refractivity (Wildman–Crippen MR) is 121 cm³/mol. The Morgan fingerprint density at radius 2 is 1.81 bits per heavy atom. The second kappa shape index (κ2) is 9.41. The van der Waals surface area contributed by atoms with Crippen LogP contribution in [0.2, 0.25) is 0 Å². The van der Waals surface area contributed by atoms with Crippen LogP contribution >= 0.6 is 0 Å². The number of carbonyl (C=O) groups excluding carboxylic acids is 1. The summed E-state index contributed by atoms with van der Waals surface area (Å²) in [6, 6.07) is 5.93. The molecule has 1 amide bonds. The van der Waals surface area contributed by atoms with E-state index >= 15 is 0 Å². The van der Waals surface area contributed by atoms with E-state index < -0.39 is 17.9 Å². The molecule has 32 heavy (non-hydrogen) atoms. The van der Waals surface area contributed by atoms with Crippen molar-refractivity contribution in [1.82, 2.24) is 25.3 Å². The van der Waals surface area contributed by atoms with Crippen LogP contribution < -0.4 is 21.7 Å². The number of aliphatic carboxylic acids is 1. The van der Waals surface area contributed by atoms with E-state index in [4.69, 9.17) is 11.5 Å². The Kier molecular flexibility index (Phi) is 6.67. The van der Waals surface area contributed by atoms with Gasteiger partial charge in [-0.25, -0.2) is 14.8 Å². The van der Waals surface area contributed by atoms with Crippen LogP contribution in [0.3, 0.4) is 0 Å². The zero-order valence-corrected chi connectivity index (χ0v) is 18.1. The minimum Gasteiger partial charge on any atom is -0.480 e. The number of carboxylic acids is 1. The summed E-state index contributed by atoms with van der Waals surface area (Å²) in [5, 5.41) is 11.9. The average Bonchev–Trinajstić information content (AvgIpc) is 2.73. The normalized spacial score (nSPS) is 12.0. The fourth-order valence-electron chi connectivity index (χ4n) is 3.19. The first-order chi connectivity index (χ1) is 15.1. The minimum absolute atomic E-state index is 0.0391. The van der Waals surface area contributed by atoms with Gasteiger partial charge in [0.1, 0.15) is 6.04 Å². The quantitative estimate of drug-likeness (QED) is 0.403. The van der Waals surface area contributed by atoms with Gasteiger partial charge in [0.05, 0.1) is 18.4 Å². The van der Waals surface area contributed by atoms with E-state index in [9.17, 15) is 14.7 Å². The number of benzene rings is 1. The predicted octanol–water partition coefficient (Wildman–Crippen LogP) is 1.45. The number of carboxylic acid groups (broad SMARTS) is 1. The van der Waals surface area contributed by atoms with Gasteiger partial charge >= 0.3 is 5.97 Å². The number of aromatic nitrogens is 4. The number of carbonyl (C=O) groups is 2. The highest BCUT2D eigenvalue weighted by Gasteiger charge is 2.21. The number of nitrogens with zero attached hydrogens (tertiary/aromatic N) is 5. The first kappa shape index (κ1) is 22.7. The summed E-state index contributed by atoms with van der Waals surface area (Å²) in [4.78, 5) is 42.4. The first-order valence-electron chi connectivity index (χ1n) is 10.0. The molecule has 0 bridgehead atoms. The smallest absolute Gasteiger partial charge is 0.326 e. The molecular formula is C21H26N8O3. The summed E-state index contributed by atoms with van der Waals surface area (Å²) in [6.07, 6.45) is 1.95. The lowest BCUT2D eigenvalue weighted by atomic mass is 10.0. The lowest BCUT2D eigenvalue weighted by Gasteiger charge is -2.20. The van der Waals surface area contributed by atoms with E-state index in [1.807, 2.05) is 25.8 Å². The molecule has 2 heterocycles. The summed E-state index contributed by atoms with van der Waals surface area (Å²) in [6.45, 7) is 4.24. The second-order valence-electron chi connectivity index (χ2n) is 7.90. The lowest BCUT2D eigenvalue weighted by Crippen LogP contribution is -2.41. The van der Waals surface area contributed by atoms with Gasteiger partial charge in [0, 0.05) is 18.3 Å². The third kappa shape index (κ3) is 5.36. The van der Waals surface area contributed by atoms with Crippen LogP contribution in [-0.2, 0) is 11.3 Å². The number of nitrogen functional groups attached to an aromatic ring is 2. The van der Waals surface area contributed by atoms with Crippen molar-refractivity contribution in [3.63, 3.8) is 0 Å². The van der Waals surface area contributed by atoms with Gasteiger partial charge in [-0.3, -0.25) is 4.79 Å². The van der Waals surface area contributed by atoms with Crippen LogP contribution in [0.1, 0.15) is 36.3 Å². The van der Waals surface area contributed by atoms with Gasteiger partial charge in [0.2, 0.25) is 5.95 Å². The van der Waals surface area contributed by atoms with Crippen LogP contribution in [-0.4, -0.2) is 50.0 Å². The number of anilines is 3. The molecule has 3 rings (SSSR count).